The molecule has 20 heavy (non-hydrogen) atoms. The van der Waals surface area contributed by atoms with Crippen LogP contribution in [0.1, 0.15) is 54.9 Å². The summed E-state index contributed by atoms with van der Waals surface area (Å²) < 4.78 is 0. The Morgan fingerprint density at radius 3 is 2.15 bits per heavy atom. The second-order valence-electron chi connectivity index (χ2n) is 7.74. The van der Waals surface area contributed by atoms with E-state index >= 15 is 0 Å². The molecule has 0 aromatic heterocycles. The molecule has 1 aromatic rings. The summed E-state index contributed by atoms with van der Waals surface area (Å²) in [5, 5.41) is 11.1. The molecule has 1 aromatic carbocycles. The fourth-order valence-electron chi connectivity index (χ4n) is 5.78. The van der Waals surface area contributed by atoms with E-state index < -0.39 is 0 Å². The average molecular weight is 270 g/mol. The lowest BCUT2D eigenvalue weighted by Crippen LogP contribution is -2.47. The van der Waals surface area contributed by atoms with Gasteiger partial charge in [-0.15, -0.1) is 0 Å². The molecule has 1 unspecified atom stereocenters. The lowest BCUT2D eigenvalue weighted by molar-refractivity contribution is -0.0909. The van der Waals surface area contributed by atoms with Gasteiger partial charge in [0.2, 0.25) is 0 Å². The summed E-state index contributed by atoms with van der Waals surface area (Å²) in [6.45, 7) is 4.33. The van der Waals surface area contributed by atoms with E-state index in [0.717, 1.165) is 23.7 Å². The summed E-state index contributed by atoms with van der Waals surface area (Å²) in [6.07, 6.45) is 6.81. The van der Waals surface area contributed by atoms with Crippen LogP contribution in [-0.4, -0.2) is 5.11 Å². The molecule has 0 aliphatic heterocycles. The summed E-state index contributed by atoms with van der Waals surface area (Å²) in [7, 11) is 0. The highest BCUT2D eigenvalue weighted by Gasteiger charge is 2.50. The number of hydrogen-bond acceptors (Lipinski definition) is 1. The standard InChI is InChI=1S/C19H26O/c1-11-4-3-5-17(12(11)2)19(20)18-15-7-13-6-14(9-15)10-16(18)8-13/h3-5,13-16,18-20H,6-10H2,1-2H3. The largest absolute Gasteiger partial charge is 0.388 e. The quantitative estimate of drug-likeness (QED) is 0.844. The molecular weight excluding hydrogens is 244 g/mol. The molecule has 1 N–H and O–H groups in total. The molecule has 1 atom stereocenters. The number of benzene rings is 1. The van der Waals surface area contributed by atoms with Crippen LogP contribution in [0.3, 0.4) is 0 Å². The fraction of sp³-hybridized carbons (Fsp3) is 0.684. The number of hydrogen-bond donors (Lipinski definition) is 1. The maximum absolute atomic E-state index is 11.1. The van der Waals surface area contributed by atoms with E-state index in [9.17, 15) is 5.11 Å². The highest BCUT2D eigenvalue weighted by atomic mass is 16.3. The molecule has 4 aliphatic rings. The zero-order chi connectivity index (χ0) is 13.9. The predicted octanol–water partition coefficient (Wildman–Crippen LogP) is 4.41. The minimum absolute atomic E-state index is 0.232. The number of aliphatic hydroxyl groups excluding tert-OH is 1. The molecule has 0 radical (unpaired) electrons. The van der Waals surface area contributed by atoms with Crippen molar-refractivity contribution < 1.29 is 5.11 Å². The van der Waals surface area contributed by atoms with E-state index in [-0.39, 0.29) is 6.10 Å². The Labute approximate surface area is 122 Å². The van der Waals surface area contributed by atoms with Crippen molar-refractivity contribution in [1.29, 1.82) is 0 Å². The van der Waals surface area contributed by atoms with Gasteiger partial charge in [0.15, 0.2) is 0 Å². The van der Waals surface area contributed by atoms with E-state index in [1.54, 1.807) is 0 Å². The molecule has 4 aliphatic carbocycles. The lowest BCUT2D eigenvalue weighted by Gasteiger charge is -2.55. The Hall–Kier alpha value is -0.820. The average Bonchev–Trinajstić information content (AvgIpc) is 2.40. The van der Waals surface area contributed by atoms with Gasteiger partial charge in [0.25, 0.3) is 0 Å². The van der Waals surface area contributed by atoms with E-state index in [4.69, 9.17) is 0 Å². The van der Waals surface area contributed by atoms with Crippen molar-refractivity contribution in [2.45, 2.75) is 52.1 Å². The maximum atomic E-state index is 11.1. The van der Waals surface area contributed by atoms with Crippen molar-refractivity contribution in [3.05, 3.63) is 34.9 Å². The van der Waals surface area contributed by atoms with Crippen molar-refractivity contribution in [2.75, 3.05) is 0 Å². The van der Waals surface area contributed by atoms with Gasteiger partial charge in [0.05, 0.1) is 6.10 Å². The minimum atomic E-state index is -0.232. The van der Waals surface area contributed by atoms with E-state index in [0.29, 0.717) is 5.92 Å². The first-order valence-corrected chi connectivity index (χ1v) is 8.37. The zero-order valence-electron chi connectivity index (χ0n) is 12.7. The van der Waals surface area contributed by atoms with Crippen molar-refractivity contribution in [2.24, 2.45) is 29.6 Å². The van der Waals surface area contributed by atoms with E-state index in [1.807, 2.05) is 0 Å². The molecule has 0 amide bonds. The first-order chi connectivity index (χ1) is 9.63. The van der Waals surface area contributed by atoms with Crippen LogP contribution in [0.5, 0.6) is 0 Å². The van der Waals surface area contributed by atoms with Crippen LogP contribution in [0.25, 0.3) is 0 Å². The third kappa shape index (κ3) is 1.86. The topological polar surface area (TPSA) is 20.2 Å². The van der Waals surface area contributed by atoms with Gasteiger partial charge in [-0.25, -0.2) is 0 Å². The van der Waals surface area contributed by atoms with Crippen LogP contribution < -0.4 is 0 Å². The minimum Gasteiger partial charge on any atom is -0.388 e. The molecule has 0 saturated heterocycles. The third-order valence-corrected chi connectivity index (χ3v) is 6.63. The summed E-state index contributed by atoms with van der Waals surface area (Å²) >= 11 is 0. The van der Waals surface area contributed by atoms with Gasteiger partial charge in [-0.2, -0.15) is 0 Å². The smallest absolute Gasteiger partial charge is 0.0826 e. The normalized spacial score (nSPS) is 40.0. The highest BCUT2D eigenvalue weighted by Crippen LogP contribution is 2.59. The molecule has 1 nitrogen and oxygen atoms in total. The Kier molecular flexibility index (Phi) is 2.96. The number of aliphatic hydroxyl groups is 1. The van der Waals surface area contributed by atoms with Crippen LogP contribution in [0.4, 0.5) is 0 Å². The molecule has 108 valence electrons. The van der Waals surface area contributed by atoms with Crippen LogP contribution in [0.2, 0.25) is 0 Å². The van der Waals surface area contributed by atoms with Gasteiger partial charge in [-0.1, -0.05) is 18.2 Å². The summed E-state index contributed by atoms with van der Waals surface area (Å²) in [4.78, 5) is 0. The van der Waals surface area contributed by atoms with Crippen molar-refractivity contribution >= 4 is 0 Å². The Bertz CT molecular complexity index is 490. The van der Waals surface area contributed by atoms with Crippen molar-refractivity contribution in [3.8, 4) is 0 Å². The molecule has 5 rings (SSSR count). The van der Waals surface area contributed by atoms with Gasteiger partial charge >= 0.3 is 0 Å². The van der Waals surface area contributed by atoms with Gasteiger partial charge < -0.3 is 5.11 Å². The summed E-state index contributed by atoms with van der Waals surface area (Å²) in [5.41, 5.74) is 3.81. The molecule has 4 saturated carbocycles. The lowest BCUT2D eigenvalue weighted by atomic mass is 9.50. The van der Waals surface area contributed by atoms with Crippen LogP contribution in [0, 0.1) is 43.4 Å². The van der Waals surface area contributed by atoms with E-state index in [1.165, 1.54) is 48.8 Å². The summed E-state index contributed by atoms with van der Waals surface area (Å²) in [5.74, 6) is 4.09. The number of aryl methyl sites for hydroxylation is 1. The molecule has 1 heteroatoms. The molecular formula is C19H26O. The van der Waals surface area contributed by atoms with Gasteiger partial charge in [0, 0.05) is 0 Å². The van der Waals surface area contributed by atoms with Crippen molar-refractivity contribution in [3.63, 3.8) is 0 Å². The zero-order valence-corrected chi connectivity index (χ0v) is 12.7. The number of rotatable bonds is 2. The Balaban J connectivity index is 1.65. The maximum Gasteiger partial charge on any atom is 0.0826 e. The third-order valence-electron chi connectivity index (χ3n) is 6.63. The monoisotopic (exact) mass is 270 g/mol. The van der Waals surface area contributed by atoms with Gasteiger partial charge in [-0.05, 0) is 92.2 Å². The second kappa shape index (κ2) is 4.59. The van der Waals surface area contributed by atoms with Gasteiger partial charge in [0.1, 0.15) is 0 Å². The SMILES string of the molecule is Cc1cccc(C(O)C2C3CC4CC(C3)CC2C4)c1C. The van der Waals surface area contributed by atoms with Gasteiger partial charge in [-0.3, -0.25) is 0 Å². The first kappa shape index (κ1) is 12.9. The van der Waals surface area contributed by atoms with Crippen LogP contribution in [-0.2, 0) is 0 Å². The molecule has 4 bridgehead atoms. The Morgan fingerprint density at radius 2 is 1.55 bits per heavy atom. The Morgan fingerprint density at radius 1 is 0.950 bits per heavy atom. The summed E-state index contributed by atoms with van der Waals surface area (Å²) in [6, 6.07) is 6.41. The van der Waals surface area contributed by atoms with E-state index in [2.05, 4.69) is 32.0 Å². The highest BCUT2D eigenvalue weighted by molar-refractivity contribution is 5.35. The molecule has 0 spiro atoms. The molecule has 0 heterocycles. The first-order valence-electron chi connectivity index (χ1n) is 8.37. The fourth-order valence-corrected chi connectivity index (χ4v) is 5.78. The van der Waals surface area contributed by atoms with Crippen LogP contribution in [0.15, 0.2) is 18.2 Å². The molecule has 4 fully saturated rings. The predicted molar refractivity (Wildman–Crippen MR) is 81.4 cm³/mol. The second-order valence-corrected chi connectivity index (χ2v) is 7.74. The van der Waals surface area contributed by atoms with Crippen molar-refractivity contribution in [1.82, 2.24) is 0 Å². The van der Waals surface area contributed by atoms with Crippen LogP contribution >= 0.6 is 0 Å².